The van der Waals surface area contributed by atoms with Crippen molar-refractivity contribution in [3.63, 3.8) is 0 Å². The summed E-state index contributed by atoms with van der Waals surface area (Å²) >= 11 is 0. The summed E-state index contributed by atoms with van der Waals surface area (Å²) in [5.41, 5.74) is -1.06. The number of nitrogens with one attached hydrogen (secondary N) is 1. The molecular weight excluding hydrogens is 767 g/mol. The van der Waals surface area contributed by atoms with Crippen LogP contribution in [0.3, 0.4) is 0 Å². The molecule has 3 atom stereocenters. The third-order valence-electron chi connectivity index (χ3n) is 9.04. The maximum absolute atomic E-state index is 13.0. The van der Waals surface area contributed by atoms with E-state index in [9.17, 15) is 81.0 Å². The molecule has 2 rings (SSSR count). The Labute approximate surface area is 313 Å². The highest BCUT2D eigenvalue weighted by atomic mass is 32.2. The molecule has 0 radical (unpaired) electrons. The Bertz CT molecular complexity index is 1550. The smallest absolute Gasteiger partial charge is 0.416 e. The average molecular weight is 814 g/mol. The number of sulfonamides is 1. The summed E-state index contributed by atoms with van der Waals surface area (Å²) in [5.74, 6) is -8.02. The highest BCUT2D eigenvalue weighted by molar-refractivity contribution is 7.89. The van der Waals surface area contributed by atoms with E-state index in [2.05, 4.69) is 4.72 Å². The van der Waals surface area contributed by atoms with E-state index in [0.717, 1.165) is 12.1 Å². The lowest BCUT2D eigenvalue weighted by Gasteiger charge is -2.38. The van der Waals surface area contributed by atoms with Gasteiger partial charge < -0.3 is 30.6 Å². The molecule has 1 aliphatic rings. The molecule has 3 unspecified atom stereocenters. The normalized spacial score (nSPS) is 17.9. The van der Waals surface area contributed by atoms with Gasteiger partial charge in [0.15, 0.2) is 0 Å². The maximum atomic E-state index is 13.0. The van der Waals surface area contributed by atoms with Crippen molar-refractivity contribution >= 4 is 45.8 Å². The van der Waals surface area contributed by atoms with E-state index in [4.69, 9.17) is 0 Å². The molecule has 0 amide bonds. The van der Waals surface area contributed by atoms with E-state index in [0.29, 0.717) is 12.1 Å². The number of hydrogen-bond acceptors (Lipinski definition) is 12. The van der Waals surface area contributed by atoms with Gasteiger partial charge >= 0.3 is 42.0 Å². The Morgan fingerprint density at radius 1 is 0.600 bits per heavy atom. The van der Waals surface area contributed by atoms with Crippen LogP contribution in [0.1, 0.15) is 44.1 Å². The first-order chi connectivity index (χ1) is 25.6. The van der Waals surface area contributed by atoms with Crippen LogP contribution in [-0.4, -0.2) is 178 Å². The van der Waals surface area contributed by atoms with Crippen LogP contribution in [0.5, 0.6) is 0 Å². The van der Waals surface area contributed by atoms with Gasteiger partial charge in [0, 0.05) is 84.7 Å². The SMILES string of the molecule is O=C(O)CCC(C(=O)O)N1CCN(CCNS(=O)(=O)c2ccc(C(F)(F)F)cc2)CCN(C(CCC(=O)O)C(=O)O)CCN(C(CCC(=O)O)C(=O)O)CC1. The van der Waals surface area contributed by atoms with Crippen LogP contribution in [0.4, 0.5) is 13.2 Å². The third kappa shape index (κ3) is 16.1. The van der Waals surface area contributed by atoms with Gasteiger partial charge in [-0.2, -0.15) is 13.2 Å². The van der Waals surface area contributed by atoms with Gasteiger partial charge in [0.1, 0.15) is 18.1 Å². The lowest BCUT2D eigenvalue weighted by Crippen LogP contribution is -2.55. The van der Waals surface area contributed by atoms with Gasteiger partial charge in [0.05, 0.1) is 10.5 Å². The van der Waals surface area contributed by atoms with Gasteiger partial charge in [0.2, 0.25) is 10.0 Å². The maximum Gasteiger partial charge on any atom is 0.416 e. The number of halogens is 3. The zero-order valence-corrected chi connectivity index (χ0v) is 30.5. The van der Waals surface area contributed by atoms with Crippen molar-refractivity contribution in [2.75, 3.05) is 65.4 Å². The summed E-state index contributed by atoms with van der Waals surface area (Å²) < 4.78 is 67.1. The molecule has 0 aliphatic carbocycles. The van der Waals surface area contributed by atoms with Crippen LogP contribution in [0.15, 0.2) is 29.2 Å². The molecule has 55 heavy (non-hydrogen) atoms. The number of benzene rings is 1. The van der Waals surface area contributed by atoms with Crippen molar-refractivity contribution < 1.29 is 81.0 Å². The van der Waals surface area contributed by atoms with Gasteiger partial charge in [-0.15, -0.1) is 0 Å². The number of nitrogens with zero attached hydrogens (tertiary/aromatic N) is 4. The Hall–Kier alpha value is -4.42. The van der Waals surface area contributed by atoms with E-state index >= 15 is 0 Å². The third-order valence-corrected chi connectivity index (χ3v) is 10.5. The van der Waals surface area contributed by atoms with E-state index in [-0.39, 0.29) is 84.7 Å². The number of alkyl halides is 3. The molecule has 1 aliphatic heterocycles. The lowest BCUT2D eigenvalue weighted by molar-refractivity contribution is -0.148. The minimum absolute atomic E-state index is 0.0268. The van der Waals surface area contributed by atoms with Crippen molar-refractivity contribution in [2.45, 2.75) is 67.7 Å². The van der Waals surface area contributed by atoms with Gasteiger partial charge in [-0.25, -0.2) is 13.1 Å². The van der Waals surface area contributed by atoms with E-state index in [1.54, 1.807) is 4.90 Å². The summed E-state index contributed by atoms with van der Waals surface area (Å²) in [6, 6.07) is -1.41. The molecule has 23 heteroatoms. The summed E-state index contributed by atoms with van der Waals surface area (Å²) in [5, 5.41) is 58.0. The first-order valence-electron chi connectivity index (χ1n) is 17.1. The van der Waals surface area contributed by atoms with Crippen molar-refractivity contribution in [1.82, 2.24) is 24.3 Å². The van der Waals surface area contributed by atoms with Gasteiger partial charge in [-0.1, -0.05) is 0 Å². The molecule has 1 heterocycles. The molecule has 7 N–H and O–H groups in total. The molecule has 0 bridgehead atoms. The number of hydrogen-bond donors (Lipinski definition) is 7. The molecule has 0 saturated carbocycles. The minimum Gasteiger partial charge on any atom is -0.481 e. The predicted molar refractivity (Wildman–Crippen MR) is 183 cm³/mol. The van der Waals surface area contributed by atoms with Gasteiger partial charge in [-0.3, -0.25) is 48.4 Å². The number of carboxylic acids is 6. The van der Waals surface area contributed by atoms with Crippen molar-refractivity contribution in [3.05, 3.63) is 29.8 Å². The first kappa shape index (κ1) is 46.7. The second kappa shape index (κ2) is 21.6. The highest BCUT2D eigenvalue weighted by Gasteiger charge is 2.34. The first-order valence-corrected chi connectivity index (χ1v) is 18.6. The molecule has 310 valence electrons. The molecule has 0 aromatic heterocycles. The number of rotatable bonds is 20. The lowest BCUT2D eigenvalue weighted by atomic mass is 10.1. The summed E-state index contributed by atoms with van der Waals surface area (Å²) in [6.45, 7) is -1.42. The Morgan fingerprint density at radius 3 is 1.22 bits per heavy atom. The average Bonchev–Trinajstić information content (AvgIpc) is 3.07. The van der Waals surface area contributed by atoms with Crippen LogP contribution in [0.2, 0.25) is 0 Å². The molecule has 19 nitrogen and oxygen atoms in total. The predicted octanol–water partition coefficient (Wildman–Crippen LogP) is 0.159. The number of carboxylic acid groups (broad SMARTS) is 6. The van der Waals surface area contributed by atoms with Crippen molar-refractivity contribution in [2.24, 2.45) is 0 Å². The summed E-state index contributed by atoms with van der Waals surface area (Å²) in [6.07, 6.45) is -7.40. The Kier molecular flexibility index (Phi) is 18.4. The fraction of sp³-hybridized carbons (Fsp3) is 0.625. The van der Waals surface area contributed by atoms with Crippen LogP contribution in [0, 0.1) is 0 Å². The zero-order chi connectivity index (χ0) is 41.5. The second-order valence-corrected chi connectivity index (χ2v) is 14.5. The van der Waals surface area contributed by atoms with Crippen LogP contribution >= 0.6 is 0 Å². The number of aliphatic carboxylic acids is 6. The molecule has 0 spiro atoms. The topological polar surface area (TPSA) is 283 Å². The largest absolute Gasteiger partial charge is 0.481 e. The molecule has 1 fully saturated rings. The van der Waals surface area contributed by atoms with Gasteiger partial charge in [0.25, 0.3) is 0 Å². The van der Waals surface area contributed by atoms with Crippen LogP contribution in [0.25, 0.3) is 0 Å². The number of carbonyl (C=O) groups is 6. The molecule has 1 aromatic rings. The minimum atomic E-state index is -4.70. The summed E-state index contributed by atoms with van der Waals surface area (Å²) in [4.78, 5) is 76.6. The van der Waals surface area contributed by atoms with Crippen molar-refractivity contribution in [1.29, 1.82) is 0 Å². The molecule has 1 aromatic carbocycles. The fourth-order valence-electron chi connectivity index (χ4n) is 6.07. The van der Waals surface area contributed by atoms with E-state index in [1.165, 1.54) is 14.7 Å². The second-order valence-electron chi connectivity index (χ2n) is 12.7. The Morgan fingerprint density at radius 2 is 0.927 bits per heavy atom. The van der Waals surface area contributed by atoms with Crippen molar-refractivity contribution in [3.8, 4) is 0 Å². The van der Waals surface area contributed by atoms with Gasteiger partial charge in [-0.05, 0) is 43.5 Å². The van der Waals surface area contributed by atoms with Crippen LogP contribution in [-0.2, 0) is 45.0 Å². The standard InChI is InChI=1S/C32H46F3N5O14S/c33-32(34,35)21-1-3-22(4-2-21)55(53,54)36-11-12-37-13-15-38(23(29(47)48)5-8-26(41)42)17-19-40(25(31(51)52)7-10-28(45)46)20-18-39(16-14-37)24(30(49)50)6-9-27(43)44/h1-4,23-25,36H,5-20H2,(H,41,42)(H,43,44)(H,45,46)(H,47,48)(H,49,50)(H,51,52). The molecular formula is C32H46F3N5O14S. The quantitative estimate of drug-likeness (QED) is 0.0923. The van der Waals surface area contributed by atoms with E-state index in [1.807, 2.05) is 0 Å². The summed E-state index contributed by atoms with van der Waals surface area (Å²) in [7, 11) is -4.32. The molecule has 1 saturated heterocycles. The fourth-order valence-corrected chi connectivity index (χ4v) is 7.09. The Balaban J connectivity index is 2.48. The van der Waals surface area contributed by atoms with E-state index < -0.39 is 99.9 Å². The monoisotopic (exact) mass is 813 g/mol. The zero-order valence-electron chi connectivity index (χ0n) is 29.6. The van der Waals surface area contributed by atoms with Crippen LogP contribution < -0.4 is 4.72 Å². The highest BCUT2D eigenvalue weighted by Crippen LogP contribution is 2.29.